The second-order valence-corrected chi connectivity index (χ2v) is 4.57. The zero-order chi connectivity index (χ0) is 13.2. The molecule has 17 heavy (non-hydrogen) atoms. The Morgan fingerprint density at radius 3 is 2.06 bits per heavy atom. The van der Waals surface area contributed by atoms with Crippen LogP contribution in [0, 0.1) is 11.6 Å². The average molecular weight is 243 g/mol. The molecule has 0 bridgehead atoms. The average Bonchev–Trinajstić information content (AvgIpc) is 2.13. The smallest absolute Gasteiger partial charge is 0.344 e. The zero-order valence-corrected chi connectivity index (χ0v) is 10.2. The number of benzene rings is 1. The number of halogens is 2. The maximum Gasteiger partial charge on any atom is 0.344 e. The van der Waals surface area contributed by atoms with Crippen molar-refractivity contribution in [2.24, 2.45) is 0 Å². The number of esters is 1. The standard InChI is InChI=1S/C12H15F2NO2/c1-12(2,3)17-11(16)10-8(13)5-7(15-4)6-9(10)14/h5-6,15H,1-4H3. The number of carbonyl (C=O) groups excluding carboxylic acids is 1. The van der Waals surface area contributed by atoms with Crippen molar-refractivity contribution in [2.45, 2.75) is 26.4 Å². The first-order chi connectivity index (χ1) is 7.74. The normalized spacial score (nSPS) is 11.2. The molecule has 94 valence electrons. The van der Waals surface area contributed by atoms with Crippen LogP contribution in [0.15, 0.2) is 12.1 Å². The molecule has 0 spiro atoms. The molecule has 0 unspecified atom stereocenters. The molecule has 0 aliphatic heterocycles. The van der Waals surface area contributed by atoms with Gasteiger partial charge in [-0.25, -0.2) is 13.6 Å². The van der Waals surface area contributed by atoms with Gasteiger partial charge in [0.1, 0.15) is 22.8 Å². The molecule has 0 heterocycles. The van der Waals surface area contributed by atoms with Gasteiger partial charge in [0.25, 0.3) is 0 Å². The second-order valence-electron chi connectivity index (χ2n) is 4.57. The zero-order valence-electron chi connectivity index (χ0n) is 10.2. The molecule has 1 N–H and O–H groups in total. The highest BCUT2D eigenvalue weighted by atomic mass is 19.1. The fourth-order valence-electron chi connectivity index (χ4n) is 1.24. The van der Waals surface area contributed by atoms with E-state index in [0.717, 1.165) is 12.1 Å². The van der Waals surface area contributed by atoms with Crippen molar-refractivity contribution in [3.8, 4) is 0 Å². The number of rotatable bonds is 2. The maximum absolute atomic E-state index is 13.5. The summed E-state index contributed by atoms with van der Waals surface area (Å²) in [5, 5.41) is 2.59. The van der Waals surface area contributed by atoms with Crippen LogP contribution in [-0.2, 0) is 4.74 Å². The minimum Gasteiger partial charge on any atom is -0.456 e. The van der Waals surface area contributed by atoms with E-state index in [1.165, 1.54) is 7.05 Å². The van der Waals surface area contributed by atoms with E-state index in [-0.39, 0.29) is 5.69 Å². The quantitative estimate of drug-likeness (QED) is 0.811. The molecule has 0 aromatic heterocycles. The summed E-state index contributed by atoms with van der Waals surface area (Å²) in [6, 6.07) is 2.09. The van der Waals surface area contributed by atoms with E-state index in [4.69, 9.17) is 4.74 Å². The van der Waals surface area contributed by atoms with Crippen molar-refractivity contribution >= 4 is 11.7 Å². The van der Waals surface area contributed by atoms with Crippen LogP contribution in [0.25, 0.3) is 0 Å². The van der Waals surface area contributed by atoms with E-state index in [9.17, 15) is 13.6 Å². The molecule has 0 aliphatic carbocycles. The molecule has 0 aliphatic rings. The van der Waals surface area contributed by atoms with Crippen LogP contribution in [0.3, 0.4) is 0 Å². The predicted molar refractivity (Wildman–Crippen MR) is 61.1 cm³/mol. The Morgan fingerprint density at radius 2 is 1.71 bits per heavy atom. The second kappa shape index (κ2) is 4.69. The lowest BCUT2D eigenvalue weighted by Gasteiger charge is -2.20. The number of nitrogens with one attached hydrogen (secondary N) is 1. The van der Waals surface area contributed by atoms with Gasteiger partial charge in [0.2, 0.25) is 0 Å². The van der Waals surface area contributed by atoms with Crippen molar-refractivity contribution < 1.29 is 18.3 Å². The minimum atomic E-state index is -1.00. The van der Waals surface area contributed by atoms with Gasteiger partial charge in [0.05, 0.1) is 0 Å². The number of ether oxygens (including phenoxy) is 1. The molecule has 5 heteroatoms. The predicted octanol–water partition coefficient (Wildman–Crippen LogP) is 2.96. The third-order valence-electron chi connectivity index (χ3n) is 1.93. The van der Waals surface area contributed by atoms with E-state index in [2.05, 4.69) is 5.32 Å². The van der Waals surface area contributed by atoms with Gasteiger partial charge in [-0.1, -0.05) is 0 Å². The van der Waals surface area contributed by atoms with Crippen LogP contribution in [-0.4, -0.2) is 18.6 Å². The molecule has 1 aromatic rings. The third kappa shape index (κ3) is 3.41. The summed E-state index contributed by atoms with van der Waals surface area (Å²) in [4.78, 5) is 11.6. The van der Waals surface area contributed by atoms with Crippen LogP contribution in [0.2, 0.25) is 0 Å². The van der Waals surface area contributed by atoms with Gasteiger partial charge < -0.3 is 10.1 Å². The first-order valence-corrected chi connectivity index (χ1v) is 5.15. The summed E-state index contributed by atoms with van der Waals surface area (Å²) < 4.78 is 32.0. The Balaban J connectivity index is 3.10. The van der Waals surface area contributed by atoms with Crippen molar-refractivity contribution in [2.75, 3.05) is 12.4 Å². The highest BCUT2D eigenvalue weighted by Gasteiger charge is 2.24. The minimum absolute atomic E-state index is 0.257. The van der Waals surface area contributed by atoms with Crippen molar-refractivity contribution in [1.82, 2.24) is 0 Å². The van der Waals surface area contributed by atoms with Crippen LogP contribution >= 0.6 is 0 Å². The summed E-state index contributed by atoms with van der Waals surface area (Å²) in [5.74, 6) is -2.89. The molecule has 0 saturated heterocycles. The lowest BCUT2D eigenvalue weighted by Crippen LogP contribution is -2.25. The molecule has 0 fully saturated rings. The Labute approximate surface area is 98.8 Å². The third-order valence-corrected chi connectivity index (χ3v) is 1.93. The Bertz CT molecular complexity index is 416. The fraction of sp³-hybridized carbons (Fsp3) is 0.417. The first-order valence-electron chi connectivity index (χ1n) is 5.15. The Kier molecular flexibility index (Phi) is 3.70. The van der Waals surface area contributed by atoms with E-state index >= 15 is 0 Å². The number of hydrogen-bond donors (Lipinski definition) is 1. The molecule has 0 atom stereocenters. The molecule has 1 rings (SSSR count). The van der Waals surface area contributed by atoms with Gasteiger partial charge in [-0.15, -0.1) is 0 Å². The van der Waals surface area contributed by atoms with Crippen molar-refractivity contribution in [3.63, 3.8) is 0 Å². The monoisotopic (exact) mass is 243 g/mol. The fourth-order valence-corrected chi connectivity index (χ4v) is 1.24. The largest absolute Gasteiger partial charge is 0.456 e. The van der Waals surface area contributed by atoms with Crippen LogP contribution in [0.5, 0.6) is 0 Å². The molecule has 1 aromatic carbocycles. The Morgan fingerprint density at radius 1 is 1.24 bits per heavy atom. The maximum atomic E-state index is 13.5. The summed E-state index contributed by atoms with van der Waals surface area (Å²) in [7, 11) is 1.53. The Hall–Kier alpha value is -1.65. The molecule has 0 radical (unpaired) electrons. The van der Waals surface area contributed by atoms with Gasteiger partial charge in [-0.3, -0.25) is 0 Å². The molecule has 0 saturated carbocycles. The van der Waals surface area contributed by atoms with Crippen LogP contribution < -0.4 is 5.32 Å². The number of hydrogen-bond acceptors (Lipinski definition) is 3. The van der Waals surface area contributed by atoms with E-state index in [0.29, 0.717) is 0 Å². The summed E-state index contributed by atoms with van der Waals surface area (Å²) in [6.07, 6.45) is 0. The topological polar surface area (TPSA) is 38.3 Å². The van der Waals surface area contributed by atoms with Crippen molar-refractivity contribution in [3.05, 3.63) is 29.3 Å². The van der Waals surface area contributed by atoms with Crippen molar-refractivity contribution in [1.29, 1.82) is 0 Å². The number of carbonyl (C=O) groups is 1. The number of anilines is 1. The highest BCUT2D eigenvalue weighted by molar-refractivity contribution is 5.90. The summed E-state index contributed by atoms with van der Waals surface area (Å²) in [6.45, 7) is 4.88. The highest BCUT2D eigenvalue weighted by Crippen LogP contribution is 2.21. The van der Waals surface area contributed by atoms with Gasteiger partial charge in [0, 0.05) is 12.7 Å². The lowest BCUT2D eigenvalue weighted by molar-refractivity contribution is 0.00596. The van der Waals surface area contributed by atoms with Gasteiger partial charge in [0.15, 0.2) is 0 Å². The molecule has 0 amide bonds. The van der Waals surface area contributed by atoms with E-state index < -0.39 is 28.8 Å². The van der Waals surface area contributed by atoms with Gasteiger partial charge in [-0.2, -0.15) is 0 Å². The van der Waals surface area contributed by atoms with Gasteiger partial charge in [-0.05, 0) is 32.9 Å². The van der Waals surface area contributed by atoms with E-state index in [1.54, 1.807) is 20.8 Å². The SMILES string of the molecule is CNc1cc(F)c(C(=O)OC(C)(C)C)c(F)c1. The molecular weight excluding hydrogens is 228 g/mol. The van der Waals surface area contributed by atoms with Crippen LogP contribution in [0.4, 0.5) is 14.5 Å². The molecule has 3 nitrogen and oxygen atoms in total. The molecular formula is C12H15F2NO2. The summed E-state index contributed by atoms with van der Waals surface area (Å²) >= 11 is 0. The van der Waals surface area contributed by atoms with Gasteiger partial charge >= 0.3 is 5.97 Å². The lowest BCUT2D eigenvalue weighted by atomic mass is 10.1. The summed E-state index contributed by atoms with van der Waals surface area (Å²) in [5.41, 5.74) is -1.20. The first kappa shape index (κ1) is 13.4. The van der Waals surface area contributed by atoms with Crippen LogP contribution in [0.1, 0.15) is 31.1 Å². The van der Waals surface area contributed by atoms with E-state index in [1.807, 2.05) is 0 Å².